The van der Waals surface area contributed by atoms with E-state index >= 15 is 0 Å². The Kier molecular flexibility index (Phi) is 7.26. The van der Waals surface area contributed by atoms with Crippen LogP contribution < -0.4 is 5.32 Å². The van der Waals surface area contributed by atoms with E-state index in [0.29, 0.717) is 18.4 Å². The van der Waals surface area contributed by atoms with Crippen molar-refractivity contribution in [2.45, 2.75) is 38.7 Å². The van der Waals surface area contributed by atoms with Crippen LogP contribution in [0.1, 0.15) is 35.1 Å². The fourth-order valence-corrected chi connectivity index (χ4v) is 2.45. The van der Waals surface area contributed by atoms with Crippen molar-refractivity contribution >= 4 is 17.3 Å². The van der Waals surface area contributed by atoms with Crippen LogP contribution in [0.25, 0.3) is 0 Å². The molecule has 0 saturated carbocycles. The minimum Gasteiger partial charge on any atom is -0.370 e. The zero-order chi connectivity index (χ0) is 21.6. The molecule has 0 aliphatic carbocycles. The molecule has 2 rings (SSSR count). The minimum atomic E-state index is -4.26. The lowest BCUT2D eigenvalue weighted by atomic mass is 10.2. The molecule has 12 heteroatoms. The predicted octanol–water partition coefficient (Wildman–Crippen LogP) is 3.94. The summed E-state index contributed by atoms with van der Waals surface area (Å²) in [6, 6.07) is 5.78. The molecule has 158 valence electrons. The smallest absolute Gasteiger partial charge is 0.330 e. The van der Waals surface area contributed by atoms with Crippen molar-refractivity contribution in [2.24, 2.45) is 0 Å². The van der Waals surface area contributed by atoms with Gasteiger partial charge in [0.2, 0.25) is 5.69 Å². The molecule has 1 aromatic carbocycles. The number of nitro groups is 1. The summed E-state index contributed by atoms with van der Waals surface area (Å²) >= 11 is 0. The SMILES string of the molecule is CCCc1[nH]nc(C(=O)Nc2cccc(COCC(F)(F)C(F)F)c2)c1[N+](=O)[O-]. The Labute approximate surface area is 162 Å². The van der Waals surface area contributed by atoms with E-state index in [4.69, 9.17) is 0 Å². The van der Waals surface area contributed by atoms with E-state index in [9.17, 15) is 32.5 Å². The zero-order valence-corrected chi connectivity index (χ0v) is 15.3. The molecule has 2 N–H and O–H groups in total. The van der Waals surface area contributed by atoms with Crippen molar-refractivity contribution < 1.29 is 32.0 Å². The molecule has 0 bridgehead atoms. The summed E-state index contributed by atoms with van der Waals surface area (Å²) in [6.45, 7) is -0.0365. The Hall–Kier alpha value is -3.02. The van der Waals surface area contributed by atoms with Crippen molar-refractivity contribution in [1.82, 2.24) is 10.2 Å². The fourth-order valence-electron chi connectivity index (χ4n) is 2.45. The maximum atomic E-state index is 12.9. The first-order valence-electron chi connectivity index (χ1n) is 8.51. The maximum Gasteiger partial charge on any atom is 0.330 e. The molecular weight excluding hydrogens is 400 g/mol. The van der Waals surface area contributed by atoms with Gasteiger partial charge in [-0.05, 0) is 24.1 Å². The van der Waals surface area contributed by atoms with E-state index in [1.807, 2.05) is 6.92 Å². The summed E-state index contributed by atoms with van der Waals surface area (Å²) in [4.78, 5) is 23.0. The molecule has 0 saturated heterocycles. The normalized spacial score (nSPS) is 11.7. The van der Waals surface area contributed by atoms with Gasteiger partial charge in [0.1, 0.15) is 12.3 Å². The topological polar surface area (TPSA) is 110 Å². The number of rotatable bonds is 10. The fraction of sp³-hybridized carbons (Fsp3) is 0.412. The maximum absolute atomic E-state index is 12.9. The van der Waals surface area contributed by atoms with E-state index in [1.54, 1.807) is 0 Å². The Morgan fingerprint density at radius 2 is 2.14 bits per heavy atom. The Morgan fingerprint density at radius 3 is 2.76 bits per heavy atom. The van der Waals surface area contributed by atoms with Crippen LogP contribution in [-0.4, -0.2) is 40.0 Å². The average Bonchev–Trinajstić information content (AvgIpc) is 3.06. The number of hydrogen-bond donors (Lipinski definition) is 2. The van der Waals surface area contributed by atoms with Crippen LogP contribution in [0.4, 0.5) is 28.9 Å². The van der Waals surface area contributed by atoms with Crippen LogP contribution in [0.5, 0.6) is 0 Å². The van der Waals surface area contributed by atoms with Gasteiger partial charge in [-0.15, -0.1) is 0 Å². The van der Waals surface area contributed by atoms with E-state index < -0.39 is 47.8 Å². The van der Waals surface area contributed by atoms with Gasteiger partial charge in [0.05, 0.1) is 11.5 Å². The van der Waals surface area contributed by atoms with Gasteiger partial charge in [-0.2, -0.15) is 13.9 Å². The first-order chi connectivity index (χ1) is 13.7. The first-order valence-corrected chi connectivity index (χ1v) is 8.51. The number of H-pyrrole nitrogens is 1. The monoisotopic (exact) mass is 418 g/mol. The largest absolute Gasteiger partial charge is 0.370 e. The van der Waals surface area contributed by atoms with Crippen molar-refractivity contribution in [3.63, 3.8) is 0 Å². The third kappa shape index (κ3) is 5.73. The minimum absolute atomic E-state index is 0.200. The number of aryl methyl sites for hydroxylation is 1. The lowest BCUT2D eigenvalue weighted by Gasteiger charge is -2.15. The molecule has 0 fully saturated rings. The van der Waals surface area contributed by atoms with Gasteiger partial charge in [0, 0.05) is 5.69 Å². The van der Waals surface area contributed by atoms with Crippen LogP contribution in [0.2, 0.25) is 0 Å². The number of carbonyl (C=O) groups is 1. The summed E-state index contributed by atoms with van der Waals surface area (Å²) in [7, 11) is 0. The molecule has 0 spiro atoms. The molecular formula is C17H18F4N4O4. The second kappa shape index (κ2) is 9.45. The number of ether oxygens (including phenoxy) is 1. The number of amides is 1. The third-order valence-corrected chi connectivity index (χ3v) is 3.78. The van der Waals surface area contributed by atoms with Gasteiger partial charge < -0.3 is 10.1 Å². The number of alkyl halides is 4. The predicted molar refractivity (Wildman–Crippen MR) is 94.2 cm³/mol. The van der Waals surface area contributed by atoms with Gasteiger partial charge in [0.25, 0.3) is 5.91 Å². The van der Waals surface area contributed by atoms with Crippen LogP contribution in [0.3, 0.4) is 0 Å². The van der Waals surface area contributed by atoms with Gasteiger partial charge >= 0.3 is 18.0 Å². The Morgan fingerprint density at radius 1 is 1.41 bits per heavy atom. The van der Waals surface area contributed by atoms with Crippen molar-refractivity contribution in [2.75, 3.05) is 11.9 Å². The van der Waals surface area contributed by atoms with Crippen LogP contribution in [0.15, 0.2) is 24.3 Å². The Balaban J connectivity index is 2.07. The van der Waals surface area contributed by atoms with Gasteiger partial charge in [-0.25, -0.2) is 8.78 Å². The highest BCUT2D eigenvalue weighted by atomic mass is 19.3. The Bertz CT molecular complexity index is 873. The van der Waals surface area contributed by atoms with Crippen molar-refractivity contribution in [1.29, 1.82) is 0 Å². The molecule has 8 nitrogen and oxygen atoms in total. The molecule has 0 aliphatic heterocycles. The number of nitrogens with zero attached hydrogens (tertiary/aromatic N) is 2. The average molecular weight is 418 g/mol. The van der Waals surface area contributed by atoms with Gasteiger partial charge in [0.15, 0.2) is 0 Å². The molecule has 1 amide bonds. The molecule has 0 aliphatic rings. The van der Waals surface area contributed by atoms with Gasteiger partial charge in [-0.1, -0.05) is 25.5 Å². The first kappa shape index (κ1) is 22.3. The highest BCUT2D eigenvalue weighted by Crippen LogP contribution is 2.25. The van der Waals surface area contributed by atoms with E-state index in [2.05, 4.69) is 20.3 Å². The summed E-state index contributed by atoms with van der Waals surface area (Å²) in [6.07, 6.45) is -2.89. The van der Waals surface area contributed by atoms with E-state index in [-0.39, 0.29) is 11.4 Å². The number of benzene rings is 1. The number of aromatic nitrogens is 2. The highest BCUT2D eigenvalue weighted by molar-refractivity contribution is 6.05. The van der Waals surface area contributed by atoms with Crippen LogP contribution >= 0.6 is 0 Å². The number of halogens is 4. The second-order valence-electron chi connectivity index (χ2n) is 6.12. The summed E-state index contributed by atoms with van der Waals surface area (Å²) in [5, 5.41) is 19.9. The highest BCUT2D eigenvalue weighted by Gasteiger charge is 2.40. The second-order valence-corrected chi connectivity index (χ2v) is 6.12. The molecule has 1 aromatic heterocycles. The molecule has 29 heavy (non-hydrogen) atoms. The number of aromatic amines is 1. The molecule has 0 unspecified atom stereocenters. The summed E-state index contributed by atoms with van der Waals surface area (Å²) in [5.41, 5.74) is -0.0540. The summed E-state index contributed by atoms with van der Waals surface area (Å²) in [5.74, 6) is -5.10. The molecule has 0 radical (unpaired) electrons. The van der Waals surface area contributed by atoms with Gasteiger partial charge in [-0.3, -0.25) is 20.0 Å². The van der Waals surface area contributed by atoms with E-state index in [0.717, 1.165) is 0 Å². The summed E-state index contributed by atoms with van der Waals surface area (Å²) < 4.78 is 54.5. The van der Waals surface area contributed by atoms with E-state index in [1.165, 1.54) is 24.3 Å². The van der Waals surface area contributed by atoms with Crippen molar-refractivity contribution in [3.8, 4) is 0 Å². The van der Waals surface area contributed by atoms with Crippen LogP contribution in [-0.2, 0) is 17.8 Å². The van der Waals surface area contributed by atoms with Crippen molar-refractivity contribution in [3.05, 3.63) is 51.3 Å². The third-order valence-electron chi connectivity index (χ3n) is 3.78. The molecule has 2 aromatic rings. The zero-order valence-electron chi connectivity index (χ0n) is 15.3. The standard InChI is InChI=1S/C17H18F4N4O4/c1-2-4-12-14(25(27)28)13(24-23-12)15(26)22-11-6-3-5-10(7-11)8-29-9-17(20,21)16(18)19/h3,5-7,16H,2,4,8-9H2,1H3,(H,22,26)(H,23,24). The number of hydrogen-bond acceptors (Lipinski definition) is 5. The molecule has 1 heterocycles. The molecule has 0 atom stereocenters. The lowest BCUT2D eigenvalue weighted by molar-refractivity contribution is -0.385. The number of carbonyl (C=O) groups excluding carboxylic acids is 1. The lowest BCUT2D eigenvalue weighted by Crippen LogP contribution is -2.32. The van der Waals surface area contributed by atoms with Crippen LogP contribution in [0, 0.1) is 10.1 Å². The quantitative estimate of drug-likeness (QED) is 0.345. The number of anilines is 1. The number of nitrogens with one attached hydrogen (secondary N) is 2.